The minimum absolute atomic E-state index is 0.562. The fourth-order valence-corrected chi connectivity index (χ4v) is 3.53. The molecule has 0 unspecified atom stereocenters. The Labute approximate surface area is 171 Å². The highest BCUT2D eigenvalue weighted by molar-refractivity contribution is 5.78. The topological polar surface area (TPSA) is 79.5 Å². The second kappa shape index (κ2) is 8.79. The first kappa shape index (κ1) is 19.0. The van der Waals surface area contributed by atoms with Crippen LogP contribution < -0.4 is 20.7 Å². The van der Waals surface area contributed by atoms with E-state index in [0.29, 0.717) is 11.5 Å². The van der Waals surface area contributed by atoms with Gasteiger partial charge in [-0.2, -0.15) is 0 Å². The number of aromatic nitrogens is 2. The summed E-state index contributed by atoms with van der Waals surface area (Å²) >= 11 is 0. The maximum atomic E-state index is 6.42. The molecule has 0 saturated carbocycles. The zero-order valence-electron chi connectivity index (χ0n) is 16.6. The van der Waals surface area contributed by atoms with Gasteiger partial charge in [0.2, 0.25) is 0 Å². The van der Waals surface area contributed by atoms with Crippen LogP contribution >= 0.6 is 0 Å². The van der Waals surface area contributed by atoms with E-state index in [4.69, 9.17) is 10.5 Å². The lowest BCUT2D eigenvalue weighted by Crippen LogP contribution is -2.46. The summed E-state index contributed by atoms with van der Waals surface area (Å²) in [6, 6.07) is 18.2. The highest BCUT2D eigenvalue weighted by Crippen LogP contribution is 2.30. The fourth-order valence-electron chi connectivity index (χ4n) is 3.53. The van der Waals surface area contributed by atoms with Crippen molar-refractivity contribution < 1.29 is 4.74 Å². The van der Waals surface area contributed by atoms with Crippen LogP contribution in [-0.2, 0) is 6.54 Å². The van der Waals surface area contributed by atoms with Gasteiger partial charge in [0.05, 0.1) is 7.11 Å². The van der Waals surface area contributed by atoms with E-state index in [9.17, 15) is 0 Å². The third-order valence-corrected chi connectivity index (χ3v) is 5.12. The highest BCUT2D eigenvalue weighted by atomic mass is 16.5. The highest BCUT2D eigenvalue weighted by Gasteiger charge is 2.21. The van der Waals surface area contributed by atoms with Crippen molar-refractivity contribution in [2.24, 2.45) is 0 Å². The molecular weight excluding hydrogens is 364 g/mol. The minimum atomic E-state index is 0.562. The van der Waals surface area contributed by atoms with Gasteiger partial charge in [-0.1, -0.05) is 36.4 Å². The molecule has 1 aromatic heterocycles. The molecule has 0 spiro atoms. The van der Waals surface area contributed by atoms with Crippen molar-refractivity contribution in [2.45, 2.75) is 6.54 Å². The molecule has 29 heavy (non-hydrogen) atoms. The Bertz CT molecular complexity index is 941. The van der Waals surface area contributed by atoms with E-state index >= 15 is 0 Å². The molecule has 0 bridgehead atoms. The first-order valence-electron chi connectivity index (χ1n) is 9.76. The summed E-state index contributed by atoms with van der Waals surface area (Å²) in [4.78, 5) is 13.5. The van der Waals surface area contributed by atoms with Crippen LogP contribution in [-0.4, -0.2) is 48.2 Å². The van der Waals surface area contributed by atoms with Gasteiger partial charge in [0, 0.05) is 44.5 Å². The van der Waals surface area contributed by atoms with Crippen molar-refractivity contribution in [3.05, 3.63) is 66.5 Å². The Hall–Kier alpha value is -3.32. The van der Waals surface area contributed by atoms with Gasteiger partial charge in [0.25, 0.3) is 0 Å². The van der Waals surface area contributed by atoms with Gasteiger partial charge < -0.3 is 20.7 Å². The fraction of sp³-hybridized carbons (Fsp3) is 0.273. The first-order valence-corrected chi connectivity index (χ1v) is 9.76. The molecule has 2 aromatic carbocycles. The third kappa shape index (κ3) is 4.57. The number of anilines is 4. The SMILES string of the molecule is COc1cccc(Nc2ncnc(N3CCN(Cc4ccccc4)CC3)c2N)c1. The standard InChI is InChI=1S/C22H26N6O/c1-29-19-9-5-8-18(14-19)26-21-20(23)22(25-16-24-21)28-12-10-27(11-13-28)15-17-6-3-2-4-7-17/h2-9,14,16H,10-13,15,23H2,1H3,(H,24,25,26). The van der Waals surface area contributed by atoms with Crippen molar-refractivity contribution in [2.75, 3.05) is 49.2 Å². The molecular formula is C22H26N6O. The number of hydrogen-bond acceptors (Lipinski definition) is 7. The summed E-state index contributed by atoms with van der Waals surface area (Å²) in [6.07, 6.45) is 1.56. The first-order chi connectivity index (χ1) is 14.2. The van der Waals surface area contributed by atoms with Gasteiger partial charge in [-0.25, -0.2) is 9.97 Å². The lowest BCUT2D eigenvalue weighted by Gasteiger charge is -2.36. The molecule has 0 atom stereocenters. The van der Waals surface area contributed by atoms with Crippen LogP contribution in [0.4, 0.5) is 23.0 Å². The predicted molar refractivity (Wildman–Crippen MR) is 117 cm³/mol. The molecule has 7 nitrogen and oxygen atoms in total. The zero-order valence-corrected chi connectivity index (χ0v) is 16.6. The monoisotopic (exact) mass is 390 g/mol. The number of hydrogen-bond donors (Lipinski definition) is 2. The summed E-state index contributed by atoms with van der Waals surface area (Å²) in [7, 11) is 1.65. The molecule has 0 radical (unpaired) electrons. The molecule has 3 N–H and O–H groups in total. The molecule has 150 valence electrons. The maximum absolute atomic E-state index is 6.42. The largest absolute Gasteiger partial charge is 0.497 e. The summed E-state index contributed by atoms with van der Waals surface area (Å²) in [5.41, 5.74) is 9.19. The van der Waals surface area contributed by atoms with E-state index in [2.05, 4.69) is 55.4 Å². The Kier molecular flexibility index (Phi) is 5.76. The lowest BCUT2D eigenvalue weighted by atomic mass is 10.2. The Morgan fingerprint density at radius 2 is 1.79 bits per heavy atom. The Morgan fingerprint density at radius 3 is 2.55 bits per heavy atom. The Morgan fingerprint density at radius 1 is 1.00 bits per heavy atom. The van der Waals surface area contributed by atoms with Gasteiger partial charge in [-0.05, 0) is 17.7 Å². The van der Waals surface area contributed by atoms with E-state index < -0.39 is 0 Å². The molecule has 1 aliphatic rings. The smallest absolute Gasteiger partial charge is 0.159 e. The molecule has 0 aliphatic carbocycles. The van der Waals surface area contributed by atoms with Crippen LogP contribution in [0.3, 0.4) is 0 Å². The number of nitrogens with zero attached hydrogens (tertiary/aromatic N) is 4. The zero-order chi connectivity index (χ0) is 20.1. The number of benzene rings is 2. The van der Waals surface area contributed by atoms with Gasteiger partial charge >= 0.3 is 0 Å². The molecule has 1 fully saturated rings. The normalized spacial score (nSPS) is 14.6. The van der Waals surface area contributed by atoms with Crippen molar-refractivity contribution in [1.82, 2.24) is 14.9 Å². The average molecular weight is 390 g/mol. The van der Waals surface area contributed by atoms with E-state index in [0.717, 1.165) is 50.0 Å². The van der Waals surface area contributed by atoms with Crippen molar-refractivity contribution >= 4 is 23.0 Å². The van der Waals surface area contributed by atoms with Gasteiger partial charge in [-0.3, -0.25) is 4.90 Å². The van der Waals surface area contributed by atoms with E-state index in [1.807, 2.05) is 24.3 Å². The van der Waals surface area contributed by atoms with Crippen LogP contribution in [0.5, 0.6) is 5.75 Å². The molecule has 1 saturated heterocycles. The lowest BCUT2D eigenvalue weighted by molar-refractivity contribution is 0.249. The van der Waals surface area contributed by atoms with Crippen LogP contribution in [0.1, 0.15) is 5.56 Å². The number of rotatable bonds is 6. The second-order valence-corrected chi connectivity index (χ2v) is 7.07. The van der Waals surface area contributed by atoms with Gasteiger partial charge in [-0.15, -0.1) is 0 Å². The van der Waals surface area contributed by atoms with Gasteiger partial charge in [0.1, 0.15) is 17.8 Å². The minimum Gasteiger partial charge on any atom is -0.497 e. The average Bonchev–Trinajstić information content (AvgIpc) is 2.77. The summed E-state index contributed by atoms with van der Waals surface area (Å²) in [5, 5.41) is 3.27. The van der Waals surface area contributed by atoms with Crippen molar-refractivity contribution in [3.63, 3.8) is 0 Å². The number of nitrogen functional groups attached to an aromatic ring is 1. The predicted octanol–water partition coefficient (Wildman–Crippen LogP) is 3.13. The summed E-state index contributed by atoms with van der Waals surface area (Å²) in [5.74, 6) is 2.16. The van der Waals surface area contributed by atoms with Crippen LogP contribution in [0.2, 0.25) is 0 Å². The van der Waals surface area contributed by atoms with E-state index in [-0.39, 0.29) is 0 Å². The van der Waals surface area contributed by atoms with Gasteiger partial charge in [0.15, 0.2) is 11.6 Å². The number of nitrogens with one attached hydrogen (secondary N) is 1. The molecule has 1 aliphatic heterocycles. The van der Waals surface area contributed by atoms with Crippen molar-refractivity contribution in [3.8, 4) is 5.75 Å². The Balaban J connectivity index is 1.42. The quantitative estimate of drug-likeness (QED) is 0.669. The molecule has 2 heterocycles. The number of nitrogens with two attached hydrogens (primary N) is 1. The van der Waals surface area contributed by atoms with Crippen LogP contribution in [0, 0.1) is 0 Å². The summed E-state index contributed by atoms with van der Waals surface area (Å²) in [6.45, 7) is 4.67. The number of methoxy groups -OCH3 is 1. The molecule has 3 aromatic rings. The second-order valence-electron chi connectivity index (χ2n) is 7.07. The van der Waals surface area contributed by atoms with E-state index in [1.54, 1.807) is 13.4 Å². The number of ether oxygens (including phenoxy) is 1. The van der Waals surface area contributed by atoms with Crippen molar-refractivity contribution in [1.29, 1.82) is 0 Å². The molecule has 0 amide bonds. The maximum Gasteiger partial charge on any atom is 0.159 e. The number of piperazine rings is 1. The molecule has 4 rings (SSSR count). The van der Waals surface area contributed by atoms with E-state index in [1.165, 1.54) is 5.56 Å². The summed E-state index contributed by atoms with van der Waals surface area (Å²) < 4.78 is 5.28. The van der Waals surface area contributed by atoms with Crippen LogP contribution in [0.25, 0.3) is 0 Å². The molecule has 7 heteroatoms. The third-order valence-electron chi connectivity index (χ3n) is 5.12. The van der Waals surface area contributed by atoms with Crippen LogP contribution in [0.15, 0.2) is 60.9 Å².